The van der Waals surface area contributed by atoms with Crippen molar-refractivity contribution in [2.75, 3.05) is 20.6 Å². The lowest BCUT2D eigenvalue weighted by Crippen LogP contribution is -2.42. The van der Waals surface area contributed by atoms with E-state index in [4.69, 9.17) is 9.15 Å². The maximum Gasteiger partial charge on any atom is 0.410 e. The molecule has 1 rings (SSSR count). The first-order valence-corrected chi connectivity index (χ1v) is 9.69. The van der Waals surface area contributed by atoms with Gasteiger partial charge in [0, 0.05) is 32.1 Å². The number of aromatic nitrogens is 1. The number of nitrogens with one attached hydrogen (secondary N) is 2. The van der Waals surface area contributed by atoms with E-state index in [1.807, 2.05) is 27.7 Å². The molecule has 0 aliphatic rings. The van der Waals surface area contributed by atoms with Crippen LogP contribution in [0.5, 0.6) is 0 Å². The Hall–Kier alpha value is -1.52. The molecule has 1 aromatic heterocycles. The summed E-state index contributed by atoms with van der Waals surface area (Å²) in [5.41, 5.74) is -0.566. The summed E-state index contributed by atoms with van der Waals surface area (Å²) in [4.78, 5) is 22.2. The number of amides is 1. The Morgan fingerprint density at radius 2 is 1.90 bits per heavy atom. The fraction of sp³-hybridized carbons (Fsp3) is 0.750. The quantitative estimate of drug-likeness (QED) is 0.334. The second kappa shape index (κ2) is 11.6. The molecule has 1 aromatic rings. The summed E-state index contributed by atoms with van der Waals surface area (Å²) in [6.45, 7) is 14.9. The minimum absolute atomic E-state index is 0. The first-order chi connectivity index (χ1) is 12.8. The molecule has 8 nitrogen and oxygen atoms in total. The average molecular weight is 523 g/mol. The van der Waals surface area contributed by atoms with Gasteiger partial charge >= 0.3 is 6.09 Å². The molecule has 1 amide bonds. The zero-order valence-electron chi connectivity index (χ0n) is 19.3. The van der Waals surface area contributed by atoms with Gasteiger partial charge in [-0.2, -0.15) is 0 Å². The molecular formula is C20H38IN5O3. The van der Waals surface area contributed by atoms with Gasteiger partial charge in [-0.1, -0.05) is 20.8 Å². The van der Waals surface area contributed by atoms with Crippen LogP contribution >= 0.6 is 24.0 Å². The van der Waals surface area contributed by atoms with Gasteiger partial charge in [0.25, 0.3) is 0 Å². The Kier molecular flexibility index (Phi) is 11.0. The number of carbonyl (C=O) groups excluding carboxylic acids is 1. The molecule has 0 fully saturated rings. The maximum atomic E-state index is 12.1. The lowest BCUT2D eigenvalue weighted by atomic mass is 9.94. The maximum absolute atomic E-state index is 12.1. The zero-order chi connectivity index (χ0) is 21.5. The van der Waals surface area contributed by atoms with Crippen LogP contribution in [0.2, 0.25) is 0 Å². The Morgan fingerprint density at radius 3 is 2.38 bits per heavy atom. The summed E-state index contributed by atoms with van der Waals surface area (Å²) < 4.78 is 11.2. The highest BCUT2D eigenvalue weighted by Gasteiger charge is 2.23. The molecular weight excluding hydrogens is 485 g/mol. The lowest BCUT2D eigenvalue weighted by molar-refractivity contribution is 0.0230. The number of oxazole rings is 1. The van der Waals surface area contributed by atoms with E-state index in [1.54, 1.807) is 25.2 Å². The second-order valence-electron chi connectivity index (χ2n) is 8.95. The summed E-state index contributed by atoms with van der Waals surface area (Å²) >= 11 is 0. The van der Waals surface area contributed by atoms with Gasteiger partial charge in [-0.25, -0.2) is 9.78 Å². The van der Waals surface area contributed by atoms with Gasteiger partial charge in [-0.05, 0) is 34.1 Å². The molecule has 0 aromatic carbocycles. The molecule has 0 aliphatic heterocycles. The van der Waals surface area contributed by atoms with Gasteiger partial charge < -0.3 is 24.7 Å². The molecule has 1 heterocycles. The number of guanidine groups is 1. The van der Waals surface area contributed by atoms with Crippen LogP contribution < -0.4 is 10.6 Å². The van der Waals surface area contributed by atoms with Crippen molar-refractivity contribution in [1.29, 1.82) is 0 Å². The fourth-order valence-electron chi connectivity index (χ4n) is 2.23. The van der Waals surface area contributed by atoms with Crippen molar-refractivity contribution in [3.63, 3.8) is 0 Å². The average Bonchev–Trinajstić information content (AvgIpc) is 3.04. The number of rotatable bonds is 6. The van der Waals surface area contributed by atoms with Crippen molar-refractivity contribution in [2.24, 2.45) is 4.99 Å². The van der Waals surface area contributed by atoms with E-state index in [-0.39, 0.29) is 41.5 Å². The highest BCUT2D eigenvalue weighted by Crippen LogP contribution is 2.22. The fourth-order valence-corrected chi connectivity index (χ4v) is 2.23. The van der Waals surface area contributed by atoms with Crippen LogP contribution in [0.25, 0.3) is 0 Å². The minimum Gasteiger partial charge on any atom is -0.444 e. The summed E-state index contributed by atoms with van der Waals surface area (Å²) in [7, 11) is 3.46. The molecule has 0 aliphatic carbocycles. The van der Waals surface area contributed by atoms with E-state index in [1.165, 1.54) is 0 Å². The van der Waals surface area contributed by atoms with Gasteiger partial charge in [-0.15, -0.1) is 24.0 Å². The minimum atomic E-state index is -0.498. The third-order valence-electron chi connectivity index (χ3n) is 4.12. The normalized spacial score (nSPS) is 13.3. The topological polar surface area (TPSA) is 92.0 Å². The van der Waals surface area contributed by atoms with Crippen LogP contribution in [0.1, 0.15) is 66.5 Å². The van der Waals surface area contributed by atoms with Crippen molar-refractivity contribution >= 4 is 36.0 Å². The van der Waals surface area contributed by atoms with Gasteiger partial charge in [0.2, 0.25) is 5.89 Å². The smallest absolute Gasteiger partial charge is 0.410 e. The molecule has 1 unspecified atom stereocenters. The van der Waals surface area contributed by atoms with Crippen LogP contribution in [0.4, 0.5) is 4.79 Å². The molecule has 9 heteroatoms. The lowest BCUT2D eigenvalue weighted by Gasteiger charge is -2.28. The molecule has 0 radical (unpaired) electrons. The summed E-state index contributed by atoms with van der Waals surface area (Å²) in [6.07, 6.45) is 2.20. The van der Waals surface area contributed by atoms with Crippen molar-refractivity contribution in [2.45, 2.75) is 78.5 Å². The van der Waals surface area contributed by atoms with E-state index in [0.29, 0.717) is 24.9 Å². The number of hydrogen-bond donors (Lipinski definition) is 2. The van der Waals surface area contributed by atoms with Crippen molar-refractivity contribution in [3.05, 3.63) is 17.8 Å². The van der Waals surface area contributed by atoms with Crippen molar-refractivity contribution in [1.82, 2.24) is 20.5 Å². The van der Waals surface area contributed by atoms with E-state index < -0.39 is 5.60 Å². The highest BCUT2D eigenvalue weighted by molar-refractivity contribution is 14.0. The first-order valence-electron chi connectivity index (χ1n) is 9.69. The third-order valence-corrected chi connectivity index (χ3v) is 4.12. The number of aliphatic imine (C=N–C) groups is 1. The molecule has 0 bridgehead atoms. The summed E-state index contributed by atoms with van der Waals surface area (Å²) in [5, 5.41) is 6.43. The number of carbonyl (C=O) groups is 1. The van der Waals surface area contributed by atoms with Crippen LogP contribution in [0.15, 0.2) is 15.6 Å². The molecule has 168 valence electrons. The van der Waals surface area contributed by atoms with Crippen molar-refractivity contribution < 1.29 is 13.9 Å². The molecule has 29 heavy (non-hydrogen) atoms. The van der Waals surface area contributed by atoms with E-state index in [0.717, 1.165) is 12.2 Å². The predicted molar refractivity (Wildman–Crippen MR) is 127 cm³/mol. The molecule has 2 N–H and O–H groups in total. The standard InChI is InChI=1S/C20H37N5O3.HI/c1-14(25(9)18(26)28-20(5,6)7)10-11-22-17(21-8)24-13-16-23-12-15(27-16)19(2,3)4;/h12,14H,10-11,13H2,1-9H3,(H2,21,22,24);1H. The van der Waals surface area contributed by atoms with E-state index in [2.05, 4.69) is 41.4 Å². The first kappa shape index (κ1) is 27.5. The predicted octanol–water partition coefficient (Wildman–Crippen LogP) is 3.90. The Balaban J connectivity index is 0.00000784. The number of halogens is 1. The third kappa shape index (κ3) is 10.2. The monoisotopic (exact) mass is 523 g/mol. The Morgan fingerprint density at radius 1 is 1.28 bits per heavy atom. The molecule has 0 spiro atoms. The van der Waals surface area contributed by atoms with Gasteiger partial charge in [0.15, 0.2) is 5.96 Å². The van der Waals surface area contributed by atoms with Crippen LogP contribution in [0.3, 0.4) is 0 Å². The number of ether oxygens (including phenoxy) is 1. The van der Waals surface area contributed by atoms with Crippen LogP contribution in [-0.4, -0.2) is 54.2 Å². The van der Waals surface area contributed by atoms with E-state index >= 15 is 0 Å². The van der Waals surface area contributed by atoms with Gasteiger partial charge in [0.1, 0.15) is 11.4 Å². The zero-order valence-corrected chi connectivity index (χ0v) is 21.6. The van der Waals surface area contributed by atoms with E-state index in [9.17, 15) is 4.79 Å². The Bertz CT molecular complexity index is 662. The number of nitrogens with zero attached hydrogens (tertiary/aromatic N) is 3. The largest absolute Gasteiger partial charge is 0.444 e. The molecule has 0 saturated carbocycles. The summed E-state index contributed by atoms with van der Waals surface area (Å²) in [6, 6.07) is 0.0292. The highest BCUT2D eigenvalue weighted by atomic mass is 127. The SMILES string of the molecule is CN=C(NCCC(C)N(C)C(=O)OC(C)(C)C)NCc1ncc(C(C)(C)C)o1.I. The van der Waals surface area contributed by atoms with Crippen molar-refractivity contribution in [3.8, 4) is 0 Å². The molecule has 1 atom stereocenters. The Labute approximate surface area is 192 Å². The van der Waals surface area contributed by atoms with Crippen LogP contribution in [0, 0.1) is 0 Å². The van der Waals surface area contributed by atoms with Gasteiger partial charge in [0.05, 0.1) is 12.7 Å². The van der Waals surface area contributed by atoms with Gasteiger partial charge in [-0.3, -0.25) is 4.99 Å². The molecule has 0 saturated heterocycles. The summed E-state index contributed by atoms with van der Waals surface area (Å²) in [5.74, 6) is 2.12. The van der Waals surface area contributed by atoms with Crippen LogP contribution in [-0.2, 0) is 16.7 Å². The second-order valence-corrected chi connectivity index (χ2v) is 8.95. The number of hydrogen-bond acceptors (Lipinski definition) is 5.